The lowest BCUT2D eigenvalue weighted by Gasteiger charge is -2.08. The zero-order valence-electron chi connectivity index (χ0n) is 9.89. The van der Waals surface area contributed by atoms with E-state index in [1.54, 1.807) is 36.4 Å². The van der Waals surface area contributed by atoms with E-state index in [0.717, 1.165) is 0 Å². The Morgan fingerprint density at radius 1 is 1.22 bits per heavy atom. The van der Waals surface area contributed by atoms with Gasteiger partial charge in [0.15, 0.2) is 11.1 Å². The molecule has 0 saturated carbocycles. The fourth-order valence-corrected chi connectivity index (χ4v) is 2.43. The van der Waals surface area contributed by atoms with Gasteiger partial charge in [0.05, 0.1) is 4.90 Å². The van der Waals surface area contributed by atoms with Gasteiger partial charge in [0.2, 0.25) is 0 Å². The number of aryl methyl sites for hydroxylation is 1. The van der Waals surface area contributed by atoms with Gasteiger partial charge in [0.25, 0.3) is 0 Å². The van der Waals surface area contributed by atoms with Crippen molar-refractivity contribution in [2.75, 3.05) is 0 Å². The Labute approximate surface area is 108 Å². The lowest BCUT2D eigenvalue weighted by Crippen LogP contribution is -1.94. The molecule has 0 amide bonds. The van der Waals surface area contributed by atoms with E-state index in [1.807, 2.05) is 6.92 Å². The first kappa shape index (κ1) is 12.9. The Morgan fingerprint density at radius 2 is 1.94 bits per heavy atom. The zero-order chi connectivity index (χ0) is 13.1. The first-order valence-electron chi connectivity index (χ1n) is 5.62. The Balaban J connectivity index is 2.55. The van der Waals surface area contributed by atoms with E-state index in [9.17, 15) is 13.2 Å². The standard InChI is InChI=1S/C14H13FO2S/c1-2-10-7-8-11(9-13(10)15)12-5-3-4-6-14(12)18(16)17/h3-9H,2H2,1H3,(H,16,17). The molecule has 0 aliphatic rings. The second-order valence-corrected chi connectivity index (χ2v) is 4.84. The van der Waals surface area contributed by atoms with Crippen LogP contribution in [0.15, 0.2) is 47.4 Å². The van der Waals surface area contributed by atoms with Crippen molar-refractivity contribution in [3.05, 3.63) is 53.8 Å². The number of benzene rings is 2. The molecule has 0 bridgehead atoms. The molecule has 0 aliphatic heterocycles. The molecule has 18 heavy (non-hydrogen) atoms. The van der Waals surface area contributed by atoms with Crippen LogP contribution in [0, 0.1) is 5.82 Å². The van der Waals surface area contributed by atoms with E-state index < -0.39 is 11.1 Å². The number of rotatable bonds is 3. The number of halogens is 1. The molecule has 1 N–H and O–H groups in total. The maximum absolute atomic E-state index is 13.7. The summed E-state index contributed by atoms with van der Waals surface area (Å²) < 4.78 is 34.2. The van der Waals surface area contributed by atoms with Crippen LogP contribution < -0.4 is 0 Å². The van der Waals surface area contributed by atoms with Gasteiger partial charge in [-0.25, -0.2) is 8.60 Å². The summed E-state index contributed by atoms with van der Waals surface area (Å²) in [6.45, 7) is 1.88. The third-order valence-corrected chi connectivity index (χ3v) is 3.55. The van der Waals surface area contributed by atoms with Gasteiger partial charge in [-0.3, -0.25) is 0 Å². The van der Waals surface area contributed by atoms with Crippen LogP contribution in [0.5, 0.6) is 0 Å². The van der Waals surface area contributed by atoms with Gasteiger partial charge < -0.3 is 4.55 Å². The van der Waals surface area contributed by atoms with Crippen LogP contribution in [0.1, 0.15) is 12.5 Å². The lowest BCUT2D eigenvalue weighted by molar-refractivity contribution is 0.564. The van der Waals surface area contributed by atoms with Gasteiger partial charge in [-0.15, -0.1) is 0 Å². The van der Waals surface area contributed by atoms with Crippen LogP contribution in [-0.2, 0) is 17.5 Å². The molecular weight excluding hydrogens is 251 g/mol. The molecule has 0 aromatic heterocycles. The molecule has 4 heteroatoms. The van der Waals surface area contributed by atoms with Crippen molar-refractivity contribution in [2.24, 2.45) is 0 Å². The average molecular weight is 264 g/mol. The minimum absolute atomic E-state index is 0.284. The predicted octanol–water partition coefficient (Wildman–Crippen LogP) is 3.64. The van der Waals surface area contributed by atoms with E-state index in [0.29, 0.717) is 28.0 Å². The molecule has 0 radical (unpaired) electrons. The van der Waals surface area contributed by atoms with E-state index in [1.165, 1.54) is 6.07 Å². The Kier molecular flexibility index (Phi) is 3.89. The summed E-state index contributed by atoms with van der Waals surface area (Å²) >= 11 is -2.08. The van der Waals surface area contributed by atoms with Gasteiger partial charge in [-0.05, 0) is 29.7 Å². The van der Waals surface area contributed by atoms with Crippen LogP contribution in [-0.4, -0.2) is 8.76 Å². The smallest absolute Gasteiger partial charge is 0.187 e. The first-order valence-corrected chi connectivity index (χ1v) is 6.73. The highest BCUT2D eigenvalue weighted by Crippen LogP contribution is 2.27. The average Bonchev–Trinajstić information content (AvgIpc) is 2.38. The first-order chi connectivity index (χ1) is 8.63. The topological polar surface area (TPSA) is 37.3 Å². The molecule has 0 fully saturated rings. The van der Waals surface area contributed by atoms with E-state index in [-0.39, 0.29) is 5.82 Å². The van der Waals surface area contributed by atoms with Crippen LogP contribution in [0.3, 0.4) is 0 Å². The summed E-state index contributed by atoms with van der Waals surface area (Å²) in [5.74, 6) is -0.284. The quantitative estimate of drug-likeness (QED) is 0.859. The summed E-state index contributed by atoms with van der Waals surface area (Å²) in [5.41, 5.74) is 1.84. The Hall–Kier alpha value is -1.52. The van der Waals surface area contributed by atoms with Gasteiger partial charge in [0, 0.05) is 5.56 Å². The summed E-state index contributed by atoms with van der Waals surface area (Å²) in [4.78, 5) is 0.293. The highest BCUT2D eigenvalue weighted by molar-refractivity contribution is 7.79. The van der Waals surface area contributed by atoms with Gasteiger partial charge in [-0.1, -0.05) is 37.3 Å². The molecule has 2 aromatic rings. The molecule has 0 heterocycles. The van der Waals surface area contributed by atoms with Crippen molar-refractivity contribution in [1.82, 2.24) is 0 Å². The number of hydrogen-bond donors (Lipinski definition) is 1. The van der Waals surface area contributed by atoms with Crippen molar-refractivity contribution in [3.8, 4) is 11.1 Å². The molecule has 2 aromatic carbocycles. The Morgan fingerprint density at radius 3 is 2.56 bits per heavy atom. The molecular formula is C14H13FO2S. The second kappa shape index (κ2) is 5.42. The van der Waals surface area contributed by atoms with Crippen LogP contribution in [0.25, 0.3) is 11.1 Å². The SMILES string of the molecule is CCc1ccc(-c2ccccc2S(=O)O)cc1F. The minimum Gasteiger partial charge on any atom is -0.302 e. The summed E-state index contributed by atoms with van der Waals surface area (Å²) in [6.07, 6.45) is 0.625. The fraction of sp³-hybridized carbons (Fsp3) is 0.143. The van der Waals surface area contributed by atoms with Gasteiger partial charge in [0.1, 0.15) is 5.82 Å². The summed E-state index contributed by atoms with van der Waals surface area (Å²) in [6, 6.07) is 11.6. The molecule has 0 spiro atoms. The van der Waals surface area contributed by atoms with Crippen LogP contribution in [0.4, 0.5) is 4.39 Å². The normalized spacial score (nSPS) is 12.4. The molecule has 0 saturated heterocycles. The number of hydrogen-bond acceptors (Lipinski definition) is 1. The molecule has 94 valence electrons. The molecule has 2 rings (SSSR count). The second-order valence-electron chi connectivity index (χ2n) is 3.91. The zero-order valence-corrected chi connectivity index (χ0v) is 10.7. The molecule has 1 unspecified atom stereocenters. The maximum atomic E-state index is 13.7. The molecule has 2 nitrogen and oxygen atoms in total. The van der Waals surface area contributed by atoms with Crippen molar-refractivity contribution in [3.63, 3.8) is 0 Å². The fourth-order valence-electron chi connectivity index (χ4n) is 1.86. The van der Waals surface area contributed by atoms with E-state index in [2.05, 4.69) is 0 Å². The molecule has 1 atom stereocenters. The summed E-state index contributed by atoms with van der Waals surface area (Å²) in [7, 11) is 0. The predicted molar refractivity (Wildman–Crippen MR) is 70.3 cm³/mol. The van der Waals surface area contributed by atoms with E-state index in [4.69, 9.17) is 0 Å². The van der Waals surface area contributed by atoms with Crippen LogP contribution >= 0.6 is 0 Å². The van der Waals surface area contributed by atoms with Crippen molar-refractivity contribution in [2.45, 2.75) is 18.2 Å². The third-order valence-electron chi connectivity index (χ3n) is 2.82. The van der Waals surface area contributed by atoms with E-state index >= 15 is 0 Å². The van der Waals surface area contributed by atoms with Crippen molar-refractivity contribution in [1.29, 1.82) is 0 Å². The highest BCUT2D eigenvalue weighted by atomic mass is 32.2. The molecule has 0 aliphatic carbocycles. The van der Waals surface area contributed by atoms with Gasteiger partial charge in [-0.2, -0.15) is 0 Å². The minimum atomic E-state index is -2.08. The largest absolute Gasteiger partial charge is 0.302 e. The maximum Gasteiger partial charge on any atom is 0.187 e. The van der Waals surface area contributed by atoms with Crippen molar-refractivity contribution >= 4 is 11.1 Å². The van der Waals surface area contributed by atoms with Crippen molar-refractivity contribution < 1.29 is 13.2 Å². The van der Waals surface area contributed by atoms with Crippen LogP contribution in [0.2, 0.25) is 0 Å². The Bertz CT molecular complexity index is 596. The monoisotopic (exact) mass is 264 g/mol. The highest BCUT2D eigenvalue weighted by Gasteiger charge is 2.10. The lowest BCUT2D eigenvalue weighted by atomic mass is 10.0. The van der Waals surface area contributed by atoms with Gasteiger partial charge >= 0.3 is 0 Å². The summed E-state index contributed by atoms with van der Waals surface area (Å²) in [5, 5.41) is 0. The third kappa shape index (κ3) is 2.49.